The Morgan fingerprint density at radius 1 is 1.00 bits per heavy atom. The van der Waals surface area contributed by atoms with Crippen LogP contribution in [-0.4, -0.2) is 18.7 Å². The van der Waals surface area contributed by atoms with Gasteiger partial charge in [0.2, 0.25) is 0 Å². The molecule has 0 spiro atoms. The van der Waals surface area contributed by atoms with E-state index in [9.17, 15) is 0 Å². The van der Waals surface area contributed by atoms with E-state index >= 15 is 0 Å². The lowest BCUT2D eigenvalue weighted by atomic mass is 10.1. The number of aryl methyl sites for hydroxylation is 1. The molecule has 0 radical (unpaired) electrons. The lowest BCUT2D eigenvalue weighted by molar-refractivity contribution is 0.750. The van der Waals surface area contributed by atoms with Gasteiger partial charge in [-0.05, 0) is 43.7 Å². The number of nitrogens with zero attached hydrogens (tertiary/aromatic N) is 2. The van der Waals surface area contributed by atoms with Gasteiger partial charge in [-0.2, -0.15) is 0 Å². The summed E-state index contributed by atoms with van der Waals surface area (Å²) < 4.78 is 2.34. The van der Waals surface area contributed by atoms with Crippen molar-refractivity contribution in [2.45, 2.75) is 20.4 Å². The van der Waals surface area contributed by atoms with Gasteiger partial charge in [0.05, 0.1) is 0 Å². The van der Waals surface area contributed by atoms with Gasteiger partial charge in [0.15, 0.2) is 0 Å². The second-order valence-electron chi connectivity index (χ2n) is 4.55. The predicted molar refractivity (Wildman–Crippen MR) is 74.6 cm³/mol. The first-order chi connectivity index (χ1) is 8.13. The SMILES string of the molecule is CCn1c(C)ccc1-c1ccc(N(C)C)cc1. The van der Waals surface area contributed by atoms with Gasteiger partial charge in [-0.3, -0.25) is 0 Å². The van der Waals surface area contributed by atoms with E-state index in [4.69, 9.17) is 0 Å². The minimum Gasteiger partial charge on any atom is -0.378 e. The Kier molecular flexibility index (Phi) is 3.23. The molecule has 2 aromatic rings. The van der Waals surface area contributed by atoms with Crippen molar-refractivity contribution in [2.75, 3.05) is 19.0 Å². The largest absolute Gasteiger partial charge is 0.378 e. The Morgan fingerprint density at radius 3 is 2.18 bits per heavy atom. The first-order valence-corrected chi connectivity index (χ1v) is 6.07. The molecular formula is C15H20N2. The average Bonchev–Trinajstić information content (AvgIpc) is 2.70. The van der Waals surface area contributed by atoms with Crippen LogP contribution >= 0.6 is 0 Å². The van der Waals surface area contributed by atoms with E-state index < -0.39 is 0 Å². The summed E-state index contributed by atoms with van der Waals surface area (Å²) in [6.07, 6.45) is 0. The van der Waals surface area contributed by atoms with Crippen LogP contribution in [0.5, 0.6) is 0 Å². The molecule has 90 valence electrons. The summed E-state index contributed by atoms with van der Waals surface area (Å²) in [6.45, 7) is 5.36. The quantitative estimate of drug-likeness (QED) is 0.780. The Morgan fingerprint density at radius 2 is 1.65 bits per heavy atom. The van der Waals surface area contributed by atoms with Gasteiger partial charge in [0.25, 0.3) is 0 Å². The maximum atomic E-state index is 2.34. The smallest absolute Gasteiger partial charge is 0.0482 e. The molecule has 0 amide bonds. The Bertz CT molecular complexity index is 492. The number of benzene rings is 1. The summed E-state index contributed by atoms with van der Waals surface area (Å²) >= 11 is 0. The van der Waals surface area contributed by atoms with E-state index in [1.54, 1.807) is 0 Å². The van der Waals surface area contributed by atoms with Crippen molar-refractivity contribution in [3.63, 3.8) is 0 Å². The van der Waals surface area contributed by atoms with Crippen LogP contribution in [-0.2, 0) is 6.54 Å². The molecule has 0 N–H and O–H groups in total. The molecule has 0 saturated heterocycles. The summed E-state index contributed by atoms with van der Waals surface area (Å²) in [4.78, 5) is 2.12. The van der Waals surface area contributed by atoms with Crippen LogP contribution in [0.2, 0.25) is 0 Å². The molecule has 0 atom stereocenters. The second kappa shape index (κ2) is 4.66. The highest BCUT2D eigenvalue weighted by atomic mass is 15.1. The molecule has 2 rings (SSSR count). The molecule has 2 heteroatoms. The van der Waals surface area contributed by atoms with E-state index in [1.807, 2.05) is 0 Å². The molecular weight excluding hydrogens is 208 g/mol. The van der Waals surface area contributed by atoms with Crippen molar-refractivity contribution in [1.82, 2.24) is 4.57 Å². The van der Waals surface area contributed by atoms with E-state index in [0.29, 0.717) is 0 Å². The van der Waals surface area contributed by atoms with Gasteiger partial charge >= 0.3 is 0 Å². The van der Waals surface area contributed by atoms with Crippen molar-refractivity contribution in [3.05, 3.63) is 42.1 Å². The maximum absolute atomic E-state index is 2.34. The van der Waals surface area contributed by atoms with Crippen molar-refractivity contribution in [1.29, 1.82) is 0 Å². The van der Waals surface area contributed by atoms with Crippen LogP contribution in [0.1, 0.15) is 12.6 Å². The first-order valence-electron chi connectivity index (χ1n) is 6.07. The molecule has 0 aliphatic rings. The van der Waals surface area contributed by atoms with Crippen LogP contribution < -0.4 is 4.90 Å². The molecule has 1 aromatic heterocycles. The fourth-order valence-corrected chi connectivity index (χ4v) is 2.17. The van der Waals surface area contributed by atoms with Crippen molar-refractivity contribution in [2.24, 2.45) is 0 Å². The van der Waals surface area contributed by atoms with Gasteiger partial charge < -0.3 is 9.47 Å². The topological polar surface area (TPSA) is 8.17 Å². The molecule has 0 saturated carbocycles. The van der Waals surface area contributed by atoms with E-state index in [-0.39, 0.29) is 0 Å². The van der Waals surface area contributed by atoms with E-state index in [2.05, 4.69) is 73.8 Å². The van der Waals surface area contributed by atoms with Crippen molar-refractivity contribution >= 4 is 5.69 Å². The third-order valence-electron chi connectivity index (χ3n) is 3.19. The van der Waals surface area contributed by atoms with Crippen molar-refractivity contribution in [3.8, 4) is 11.3 Å². The summed E-state index contributed by atoms with van der Waals surface area (Å²) in [5.74, 6) is 0. The first kappa shape index (κ1) is 11.8. The average molecular weight is 228 g/mol. The highest BCUT2D eigenvalue weighted by Crippen LogP contribution is 2.24. The summed E-state index contributed by atoms with van der Waals surface area (Å²) in [6, 6.07) is 13.1. The molecule has 17 heavy (non-hydrogen) atoms. The van der Waals surface area contributed by atoms with Gasteiger partial charge in [0, 0.05) is 37.7 Å². The number of aromatic nitrogens is 1. The fourth-order valence-electron chi connectivity index (χ4n) is 2.17. The zero-order valence-corrected chi connectivity index (χ0v) is 11.1. The van der Waals surface area contributed by atoms with Crippen LogP contribution in [0.25, 0.3) is 11.3 Å². The number of rotatable bonds is 3. The van der Waals surface area contributed by atoms with Gasteiger partial charge in [0.1, 0.15) is 0 Å². The standard InChI is InChI=1S/C15H20N2/c1-5-17-12(2)6-11-15(17)13-7-9-14(10-8-13)16(3)4/h6-11H,5H2,1-4H3. The van der Waals surface area contributed by atoms with E-state index in [1.165, 1.54) is 22.6 Å². The third-order valence-corrected chi connectivity index (χ3v) is 3.19. The molecule has 0 aliphatic heterocycles. The zero-order chi connectivity index (χ0) is 12.4. The lowest BCUT2D eigenvalue weighted by Gasteiger charge is -2.14. The molecule has 0 fully saturated rings. The fraction of sp³-hybridized carbons (Fsp3) is 0.333. The Labute approximate surface area is 103 Å². The Hall–Kier alpha value is -1.70. The maximum Gasteiger partial charge on any atom is 0.0482 e. The molecule has 0 bridgehead atoms. The van der Waals surface area contributed by atoms with Crippen LogP contribution in [0.4, 0.5) is 5.69 Å². The Balaban J connectivity index is 2.39. The summed E-state index contributed by atoms with van der Waals surface area (Å²) in [5.41, 5.74) is 5.14. The highest BCUT2D eigenvalue weighted by molar-refractivity contribution is 5.64. The summed E-state index contributed by atoms with van der Waals surface area (Å²) in [5, 5.41) is 0. The lowest BCUT2D eigenvalue weighted by Crippen LogP contribution is -2.08. The minimum atomic E-state index is 1.02. The number of anilines is 1. The van der Waals surface area contributed by atoms with Gasteiger partial charge in [-0.1, -0.05) is 12.1 Å². The van der Waals surface area contributed by atoms with Gasteiger partial charge in [-0.25, -0.2) is 0 Å². The van der Waals surface area contributed by atoms with Crippen molar-refractivity contribution < 1.29 is 0 Å². The number of hydrogen-bond donors (Lipinski definition) is 0. The molecule has 0 unspecified atom stereocenters. The molecule has 0 aliphatic carbocycles. The minimum absolute atomic E-state index is 1.02. The molecule has 2 nitrogen and oxygen atoms in total. The second-order valence-corrected chi connectivity index (χ2v) is 4.55. The highest BCUT2D eigenvalue weighted by Gasteiger charge is 2.06. The molecule has 1 aromatic carbocycles. The number of hydrogen-bond acceptors (Lipinski definition) is 1. The monoisotopic (exact) mass is 228 g/mol. The third kappa shape index (κ3) is 2.21. The normalized spacial score (nSPS) is 10.6. The molecule has 1 heterocycles. The van der Waals surface area contributed by atoms with Crippen LogP contribution in [0.3, 0.4) is 0 Å². The predicted octanol–water partition coefficient (Wildman–Crippen LogP) is 3.55. The van der Waals surface area contributed by atoms with Crippen LogP contribution in [0, 0.1) is 6.92 Å². The van der Waals surface area contributed by atoms with E-state index in [0.717, 1.165) is 6.54 Å². The summed E-state index contributed by atoms with van der Waals surface area (Å²) in [7, 11) is 4.13. The van der Waals surface area contributed by atoms with Crippen LogP contribution in [0.15, 0.2) is 36.4 Å². The zero-order valence-electron chi connectivity index (χ0n) is 11.1. The van der Waals surface area contributed by atoms with Gasteiger partial charge in [-0.15, -0.1) is 0 Å².